The number of carbonyl (C=O) groups is 1. The van der Waals surface area contributed by atoms with Crippen LogP contribution in [-0.4, -0.2) is 45.0 Å². The third kappa shape index (κ3) is 7.05. The number of hydrogen-bond acceptors (Lipinski definition) is 5. The van der Waals surface area contributed by atoms with Gasteiger partial charge in [-0.05, 0) is 58.6 Å². The van der Waals surface area contributed by atoms with Crippen LogP contribution >= 0.6 is 11.6 Å². The van der Waals surface area contributed by atoms with Crippen molar-refractivity contribution in [3.05, 3.63) is 29.7 Å². The van der Waals surface area contributed by atoms with Gasteiger partial charge in [0, 0.05) is 35.7 Å². The number of nitrogens with one attached hydrogen (secondary N) is 2. The van der Waals surface area contributed by atoms with E-state index in [9.17, 15) is 13.6 Å². The number of anilines is 1. The van der Waals surface area contributed by atoms with Gasteiger partial charge in [0.15, 0.2) is 0 Å². The van der Waals surface area contributed by atoms with E-state index in [1.807, 2.05) is 20.8 Å². The molecule has 1 aliphatic rings. The first-order valence-electron chi connectivity index (χ1n) is 10.3. The lowest BCUT2D eigenvalue weighted by Gasteiger charge is -2.31. The number of nitrogens with zero attached hydrogens (tertiary/aromatic N) is 3. The number of amides is 1. The Kier molecular flexibility index (Phi) is 7.35. The molecule has 0 aliphatic heterocycles. The molecule has 0 saturated heterocycles. The summed E-state index contributed by atoms with van der Waals surface area (Å²) in [6.07, 6.45) is 3.56. The van der Waals surface area contributed by atoms with Crippen LogP contribution in [0.3, 0.4) is 0 Å². The van der Waals surface area contributed by atoms with Gasteiger partial charge in [0.25, 0.3) is 6.43 Å². The van der Waals surface area contributed by atoms with E-state index in [0.717, 1.165) is 31.4 Å². The highest BCUT2D eigenvalue weighted by Gasteiger charge is 2.25. The number of ether oxygens (including phenoxy) is 1. The lowest BCUT2D eigenvalue weighted by molar-refractivity contribution is 0.0492. The number of alkyl halides is 2. The molecule has 3 rings (SSSR count). The van der Waals surface area contributed by atoms with Crippen molar-refractivity contribution in [2.75, 3.05) is 5.32 Å². The minimum Gasteiger partial charge on any atom is -0.444 e. The van der Waals surface area contributed by atoms with E-state index >= 15 is 0 Å². The SMILES string of the molecule is CC(C)(C)OC(=O)NC1CCC(Nc2cc(Cl)ncc2-c2ccn(CC(F)F)n2)CC1. The zero-order valence-corrected chi connectivity index (χ0v) is 18.6. The van der Waals surface area contributed by atoms with Gasteiger partial charge in [-0.2, -0.15) is 5.10 Å². The van der Waals surface area contributed by atoms with Crippen molar-refractivity contribution in [3.63, 3.8) is 0 Å². The highest BCUT2D eigenvalue weighted by atomic mass is 35.5. The zero-order valence-electron chi connectivity index (χ0n) is 17.9. The minimum absolute atomic E-state index is 0.0680. The average Bonchev–Trinajstić information content (AvgIpc) is 3.09. The highest BCUT2D eigenvalue weighted by molar-refractivity contribution is 6.29. The number of carbonyl (C=O) groups excluding carboxylic acids is 1. The molecule has 0 spiro atoms. The van der Waals surface area contributed by atoms with Gasteiger partial charge in [0.1, 0.15) is 17.3 Å². The Morgan fingerprint density at radius 3 is 2.61 bits per heavy atom. The van der Waals surface area contributed by atoms with Crippen molar-refractivity contribution in [2.24, 2.45) is 0 Å². The summed E-state index contributed by atoms with van der Waals surface area (Å²) < 4.78 is 31.8. The summed E-state index contributed by atoms with van der Waals surface area (Å²) in [5.41, 5.74) is 1.48. The molecule has 0 radical (unpaired) electrons. The van der Waals surface area contributed by atoms with Crippen LogP contribution in [0.15, 0.2) is 24.5 Å². The van der Waals surface area contributed by atoms with Gasteiger partial charge in [0.2, 0.25) is 0 Å². The summed E-state index contributed by atoms with van der Waals surface area (Å²) in [5, 5.41) is 11.0. The molecule has 1 aliphatic carbocycles. The van der Waals surface area contributed by atoms with Crippen LogP contribution in [0.1, 0.15) is 46.5 Å². The average molecular weight is 456 g/mol. The smallest absolute Gasteiger partial charge is 0.407 e. The molecule has 0 unspecified atom stereocenters. The number of hydrogen-bond donors (Lipinski definition) is 2. The fraction of sp³-hybridized carbons (Fsp3) is 0.571. The summed E-state index contributed by atoms with van der Waals surface area (Å²) in [7, 11) is 0. The van der Waals surface area contributed by atoms with Crippen molar-refractivity contribution < 1.29 is 18.3 Å². The number of halogens is 3. The molecule has 1 saturated carbocycles. The third-order valence-corrected chi connectivity index (χ3v) is 5.13. The van der Waals surface area contributed by atoms with Gasteiger partial charge >= 0.3 is 6.09 Å². The van der Waals surface area contributed by atoms with Gasteiger partial charge in [-0.1, -0.05) is 11.6 Å². The number of rotatable bonds is 6. The molecule has 2 aromatic rings. The molecule has 2 heterocycles. The molecule has 2 aromatic heterocycles. The first-order valence-corrected chi connectivity index (χ1v) is 10.7. The van der Waals surface area contributed by atoms with Gasteiger partial charge in [0.05, 0.1) is 5.69 Å². The maximum absolute atomic E-state index is 12.6. The topological polar surface area (TPSA) is 81.1 Å². The molecule has 7 nitrogen and oxygen atoms in total. The molecular weight excluding hydrogens is 428 g/mol. The molecule has 10 heteroatoms. The Morgan fingerprint density at radius 1 is 1.29 bits per heavy atom. The Bertz CT molecular complexity index is 892. The largest absolute Gasteiger partial charge is 0.444 e. The van der Waals surface area contributed by atoms with E-state index in [2.05, 4.69) is 20.7 Å². The van der Waals surface area contributed by atoms with Crippen LogP contribution < -0.4 is 10.6 Å². The standard InChI is InChI=1S/C21H28ClF2N5O2/c1-21(2,3)31-20(30)27-14-6-4-13(5-7-14)26-17-10-18(22)25-11-15(17)16-8-9-29(28-16)12-19(23)24/h8-11,13-14,19H,4-7,12H2,1-3H3,(H,25,26)(H,27,30). The summed E-state index contributed by atoms with van der Waals surface area (Å²) in [6.45, 7) is 5.04. The maximum Gasteiger partial charge on any atom is 0.407 e. The van der Waals surface area contributed by atoms with Crippen molar-refractivity contribution in [3.8, 4) is 11.3 Å². The van der Waals surface area contributed by atoms with E-state index in [1.54, 1.807) is 18.3 Å². The van der Waals surface area contributed by atoms with Crippen molar-refractivity contribution >= 4 is 23.4 Å². The van der Waals surface area contributed by atoms with Crippen LogP contribution in [0.4, 0.5) is 19.3 Å². The number of aromatic nitrogens is 3. The van der Waals surface area contributed by atoms with Gasteiger partial charge < -0.3 is 15.4 Å². The summed E-state index contributed by atoms with van der Waals surface area (Å²) in [4.78, 5) is 16.1. The second-order valence-corrected chi connectivity index (χ2v) is 9.09. The zero-order chi connectivity index (χ0) is 22.6. The molecule has 0 aromatic carbocycles. The quantitative estimate of drug-likeness (QED) is 0.591. The number of alkyl carbamates (subject to hydrolysis) is 1. The normalized spacial score (nSPS) is 19.3. The Labute approximate surface area is 185 Å². The molecule has 31 heavy (non-hydrogen) atoms. The first-order chi connectivity index (χ1) is 14.6. The number of pyridine rings is 1. The maximum atomic E-state index is 12.6. The molecule has 170 valence electrons. The molecular formula is C21H28ClF2N5O2. The van der Waals surface area contributed by atoms with E-state index in [4.69, 9.17) is 16.3 Å². The highest BCUT2D eigenvalue weighted by Crippen LogP contribution is 2.31. The molecule has 2 N–H and O–H groups in total. The second-order valence-electron chi connectivity index (χ2n) is 8.71. The monoisotopic (exact) mass is 455 g/mol. The van der Waals surface area contributed by atoms with Crippen LogP contribution in [0.25, 0.3) is 11.3 Å². The molecule has 0 bridgehead atoms. The van der Waals surface area contributed by atoms with Gasteiger partial charge in [-0.3, -0.25) is 4.68 Å². The summed E-state index contributed by atoms with van der Waals surface area (Å²) in [6, 6.07) is 3.64. The second kappa shape index (κ2) is 9.80. The molecule has 0 atom stereocenters. The summed E-state index contributed by atoms with van der Waals surface area (Å²) in [5.74, 6) is 0. The van der Waals surface area contributed by atoms with E-state index in [-0.39, 0.29) is 12.1 Å². The van der Waals surface area contributed by atoms with Crippen LogP contribution in [0, 0.1) is 0 Å². The van der Waals surface area contributed by atoms with E-state index in [0.29, 0.717) is 16.4 Å². The van der Waals surface area contributed by atoms with Crippen molar-refractivity contribution in [1.29, 1.82) is 0 Å². The van der Waals surface area contributed by atoms with E-state index < -0.39 is 24.7 Å². The first kappa shape index (κ1) is 23.2. The molecule has 1 amide bonds. The van der Waals surface area contributed by atoms with Crippen LogP contribution in [0.5, 0.6) is 0 Å². The van der Waals surface area contributed by atoms with Gasteiger partial charge in [-0.15, -0.1) is 0 Å². The minimum atomic E-state index is -2.47. The van der Waals surface area contributed by atoms with E-state index in [1.165, 1.54) is 10.9 Å². The lowest BCUT2D eigenvalue weighted by Crippen LogP contribution is -2.42. The fourth-order valence-electron chi connectivity index (χ4n) is 3.58. The van der Waals surface area contributed by atoms with Gasteiger partial charge in [-0.25, -0.2) is 18.6 Å². The van der Waals surface area contributed by atoms with Crippen molar-refractivity contribution in [1.82, 2.24) is 20.1 Å². The van der Waals surface area contributed by atoms with Crippen LogP contribution in [0.2, 0.25) is 5.15 Å². The third-order valence-electron chi connectivity index (χ3n) is 4.92. The summed E-state index contributed by atoms with van der Waals surface area (Å²) >= 11 is 6.09. The predicted octanol–water partition coefficient (Wildman–Crippen LogP) is 5.11. The predicted molar refractivity (Wildman–Crippen MR) is 116 cm³/mol. The Hall–Kier alpha value is -2.42. The molecule has 1 fully saturated rings. The Morgan fingerprint density at radius 2 is 1.97 bits per heavy atom. The fourth-order valence-corrected chi connectivity index (χ4v) is 3.74. The lowest BCUT2D eigenvalue weighted by atomic mass is 9.91. The Balaban J connectivity index is 1.61. The van der Waals surface area contributed by atoms with Crippen LogP contribution in [-0.2, 0) is 11.3 Å². The van der Waals surface area contributed by atoms with Crippen molar-refractivity contribution in [2.45, 2.75) is 77.1 Å².